The maximum atomic E-state index is 11.2. The molecule has 0 fully saturated rings. The van der Waals surface area contributed by atoms with E-state index in [0.29, 0.717) is 22.0 Å². The van der Waals surface area contributed by atoms with Gasteiger partial charge in [0, 0.05) is 18.1 Å². The van der Waals surface area contributed by atoms with E-state index in [0.717, 1.165) is 0 Å². The smallest absolute Gasteiger partial charge is 0.221 e. The zero-order valence-electron chi connectivity index (χ0n) is 9.49. The maximum absolute atomic E-state index is 11.2. The summed E-state index contributed by atoms with van der Waals surface area (Å²) in [5, 5.41) is 19.0. The van der Waals surface area contributed by atoms with E-state index in [1.807, 2.05) is 0 Å². The van der Waals surface area contributed by atoms with Crippen LogP contribution in [0, 0.1) is 0 Å². The lowest BCUT2D eigenvalue weighted by molar-refractivity contribution is -0.114. The van der Waals surface area contributed by atoms with Crippen LogP contribution in [0.1, 0.15) is 6.92 Å². The first kappa shape index (κ1) is 12.3. The molecule has 0 radical (unpaired) electrons. The van der Waals surface area contributed by atoms with Crippen molar-refractivity contribution in [3.05, 3.63) is 23.4 Å². The van der Waals surface area contributed by atoms with Gasteiger partial charge < -0.3 is 16.2 Å². The number of carbonyl (C=O) groups is 1. The number of nitrogens with two attached hydrogens (primary N) is 1. The normalized spacial score (nSPS) is 10.3. The summed E-state index contributed by atoms with van der Waals surface area (Å²) in [6.45, 7) is 1.34. The van der Waals surface area contributed by atoms with Crippen molar-refractivity contribution >= 4 is 29.0 Å². The highest BCUT2D eigenvalue weighted by molar-refractivity contribution is 6.34. The molecule has 94 valence electrons. The van der Waals surface area contributed by atoms with Crippen molar-refractivity contribution in [2.24, 2.45) is 0 Å². The summed E-state index contributed by atoms with van der Waals surface area (Å²) >= 11 is 6.09. The fourth-order valence-corrected chi connectivity index (χ4v) is 1.89. The number of hydrogen-bond acceptors (Lipinski definition) is 4. The second kappa shape index (κ2) is 4.58. The van der Waals surface area contributed by atoms with Crippen LogP contribution in [-0.4, -0.2) is 21.2 Å². The Morgan fingerprint density at radius 2 is 2.28 bits per heavy atom. The van der Waals surface area contributed by atoms with Gasteiger partial charge in [0.05, 0.1) is 16.9 Å². The van der Waals surface area contributed by atoms with Gasteiger partial charge in [0.25, 0.3) is 0 Å². The predicted molar refractivity (Wildman–Crippen MR) is 69.4 cm³/mol. The largest absolute Gasteiger partial charge is 0.506 e. The number of hydrogen-bond donors (Lipinski definition) is 4. The Labute approximate surface area is 108 Å². The van der Waals surface area contributed by atoms with Gasteiger partial charge in [-0.05, 0) is 12.1 Å². The molecule has 7 heteroatoms. The third kappa shape index (κ3) is 2.10. The van der Waals surface area contributed by atoms with E-state index < -0.39 is 0 Å². The number of aromatic hydroxyl groups is 1. The molecule has 1 heterocycles. The predicted octanol–water partition coefficient (Wildman–Crippen LogP) is 1.98. The first-order chi connectivity index (χ1) is 8.50. The number of anilines is 2. The number of benzene rings is 1. The molecule has 2 rings (SSSR count). The summed E-state index contributed by atoms with van der Waals surface area (Å²) in [5.74, 6) is -0.116. The number of H-pyrrole nitrogens is 1. The van der Waals surface area contributed by atoms with Gasteiger partial charge in [0.2, 0.25) is 5.91 Å². The molecule has 1 aromatic heterocycles. The van der Waals surface area contributed by atoms with E-state index in [1.54, 1.807) is 0 Å². The van der Waals surface area contributed by atoms with Crippen LogP contribution in [0.15, 0.2) is 18.3 Å². The number of phenols is 1. The first-order valence-corrected chi connectivity index (χ1v) is 5.46. The van der Waals surface area contributed by atoms with Crippen molar-refractivity contribution in [2.45, 2.75) is 6.92 Å². The number of amides is 1. The van der Waals surface area contributed by atoms with Crippen LogP contribution in [-0.2, 0) is 4.79 Å². The molecule has 0 saturated carbocycles. The van der Waals surface area contributed by atoms with Crippen LogP contribution < -0.4 is 11.1 Å². The summed E-state index contributed by atoms with van der Waals surface area (Å²) in [7, 11) is 0. The molecule has 0 atom stereocenters. The highest BCUT2D eigenvalue weighted by atomic mass is 35.5. The molecule has 0 aliphatic carbocycles. The third-order valence-corrected chi connectivity index (χ3v) is 2.69. The van der Waals surface area contributed by atoms with E-state index in [9.17, 15) is 9.90 Å². The molecule has 0 saturated heterocycles. The number of nitrogen functional groups attached to an aromatic ring is 1. The Hall–Kier alpha value is -2.21. The first-order valence-electron chi connectivity index (χ1n) is 5.09. The molecule has 0 bridgehead atoms. The van der Waals surface area contributed by atoms with Crippen LogP contribution in [0.5, 0.6) is 5.75 Å². The van der Waals surface area contributed by atoms with E-state index in [-0.39, 0.29) is 17.3 Å². The van der Waals surface area contributed by atoms with Crippen LogP contribution in [0.25, 0.3) is 11.1 Å². The molecular formula is C11H11ClN4O2. The number of rotatable bonds is 2. The van der Waals surface area contributed by atoms with Gasteiger partial charge in [-0.15, -0.1) is 0 Å². The summed E-state index contributed by atoms with van der Waals surface area (Å²) in [6.07, 6.45) is 1.47. The van der Waals surface area contributed by atoms with E-state index in [1.165, 1.54) is 25.3 Å². The Kier molecular flexibility index (Phi) is 3.12. The average molecular weight is 267 g/mol. The van der Waals surface area contributed by atoms with Crippen molar-refractivity contribution in [1.29, 1.82) is 0 Å². The van der Waals surface area contributed by atoms with Gasteiger partial charge in [0.15, 0.2) is 0 Å². The second-order valence-electron chi connectivity index (χ2n) is 3.70. The molecule has 6 nitrogen and oxygen atoms in total. The second-order valence-corrected chi connectivity index (χ2v) is 4.10. The van der Waals surface area contributed by atoms with Crippen molar-refractivity contribution in [3.63, 3.8) is 0 Å². The van der Waals surface area contributed by atoms with Crippen molar-refractivity contribution in [1.82, 2.24) is 10.2 Å². The molecule has 0 aliphatic rings. The van der Waals surface area contributed by atoms with Crippen LogP contribution in [0.4, 0.5) is 11.5 Å². The molecule has 0 unspecified atom stereocenters. The van der Waals surface area contributed by atoms with E-state index in [2.05, 4.69) is 15.5 Å². The number of nitrogens with zero attached hydrogens (tertiary/aromatic N) is 1. The highest BCUT2D eigenvalue weighted by Crippen LogP contribution is 2.42. The minimum Gasteiger partial charge on any atom is -0.506 e. The lowest BCUT2D eigenvalue weighted by Gasteiger charge is -2.12. The molecule has 0 aliphatic heterocycles. The maximum Gasteiger partial charge on any atom is 0.221 e. The monoisotopic (exact) mass is 266 g/mol. The van der Waals surface area contributed by atoms with Crippen molar-refractivity contribution in [2.75, 3.05) is 11.1 Å². The summed E-state index contributed by atoms with van der Waals surface area (Å²) in [4.78, 5) is 11.2. The number of nitrogens with one attached hydrogen (secondary N) is 2. The SMILES string of the molecule is CC(=O)Nc1c(O)ccc(Cl)c1-c1cn[nH]c1N. The van der Waals surface area contributed by atoms with Crippen molar-refractivity contribution < 1.29 is 9.90 Å². The number of aromatic nitrogens is 2. The lowest BCUT2D eigenvalue weighted by atomic mass is 10.1. The molecule has 18 heavy (non-hydrogen) atoms. The third-order valence-electron chi connectivity index (χ3n) is 2.37. The number of carbonyl (C=O) groups excluding carboxylic acids is 1. The topological polar surface area (TPSA) is 104 Å². The Balaban J connectivity index is 2.68. The van der Waals surface area contributed by atoms with Gasteiger partial charge >= 0.3 is 0 Å². The Morgan fingerprint density at radius 1 is 1.56 bits per heavy atom. The molecule has 5 N–H and O–H groups in total. The molecule has 0 spiro atoms. The van der Waals surface area contributed by atoms with Crippen LogP contribution in [0.3, 0.4) is 0 Å². The standard InChI is InChI=1S/C11H11ClN4O2/c1-5(17)15-10-8(18)3-2-7(12)9(10)6-4-14-16-11(6)13/h2-4,18H,1H3,(H,15,17)(H3,13,14,16). The van der Waals surface area contributed by atoms with Gasteiger partial charge in [-0.1, -0.05) is 11.6 Å². The van der Waals surface area contributed by atoms with Gasteiger partial charge in [-0.2, -0.15) is 5.10 Å². The van der Waals surface area contributed by atoms with E-state index in [4.69, 9.17) is 17.3 Å². The summed E-state index contributed by atoms with van der Waals surface area (Å²) in [6, 6.07) is 2.91. The fourth-order valence-electron chi connectivity index (χ4n) is 1.63. The summed E-state index contributed by atoms with van der Waals surface area (Å²) in [5.41, 5.74) is 6.87. The lowest BCUT2D eigenvalue weighted by Crippen LogP contribution is -2.07. The Bertz CT molecular complexity index is 609. The molecular weight excluding hydrogens is 256 g/mol. The Morgan fingerprint density at radius 3 is 2.83 bits per heavy atom. The zero-order chi connectivity index (χ0) is 13.3. The summed E-state index contributed by atoms with van der Waals surface area (Å²) < 4.78 is 0. The van der Waals surface area contributed by atoms with Gasteiger partial charge in [0.1, 0.15) is 11.6 Å². The van der Waals surface area contributed by atoms with E-state index >= 15 is 0 Å². The number of halogens is 1. The zero-order valence-corrected chi connectivity index (χ0v) is 10.2. The van der Waals surface area contributed by atoms with Crippen molar-refractivity contribution in [3.8, 4) is 16.9 Å². The van der Waals surface area contributed by atoms with Crippen LogP contribution in [0.2, 0.25) is 5.02 Å². The minimum absolute atomic E-state index is 0.0924. The average Bonchev–Trinajstić information content (AvgIpc) is 2.70. The van der Waals surface area contributed by atoms with Gasteiger partial charge in [-0.25, -0.2) is 0 Å². The van der Waals surface area contributed by atoms with Crippen LogP contribution >= 0.6 is 11.6 Å². The van der Waals surface area contributed by atoms with Gasteiger partial charge in [-0.3, -0.25) is 9.89 Å². The number of aromatic amines is 1. The molecule has 1 aromatic carbocycles. The molecule has 1 amide bonds. The molecule has 2 aromatic rings. The minimum atomic E-state index is -0.323. The highest BCUT2D eigenvalue weighted by Gasteiger charge is 2.18. The number of phenolic OH excluding ortho intramolecular Hbond substituents is 1. The fraction of sp³-hybridized carbons (Fsp3) is 0.0909. The quantitative estimate of drug-likeness (QED) is 0.624.